The Hall–Kier alpha value is -0.830. The van der Waals surface area contributed by atoms with Crippen molar-refractivity contribution < 1.29 is 14.6 Å². The van der Waals surface area contributed by atoms with Crippen molar-refractivity contribution in [1.82, 2.24) is 0 Å². The summed E-state index contributed by atoms with van der Waals surface area (Å²) in [6.45, 7) is 13.4. The van der Waals surface area contributed by atoms with Gasteiger partial charge in [-0.3, -0.25) is 0 Å². The summed E-state index contributed by atoms with van der Waals surface area (Å²) in [6, 6.07) is 0. The van der Waals surface area contributed by atoms with E-state index in [9.17, 15) is 4.79 Å². The lowest BCUT2D eigenvalue weighted by atomic mass is 9.80. The largest absolute Gasteiger partial charge is 0.459 e. The molecule has 0 aromatic rings. The molecule has 0 heterocycles. The van der Waals surface area contributed by atoms with Crippen molar-refractivity contribution in [3.05, 3.63) is 12.2 Å². The molecule has 3 nitrogen and oxygen atoms in total. The highest BCUT2D eigenvalue weighted by molar-refractivity contribution is 5.87. The minimum Gasteiger partial charge on any atom is -0.459 e. The summed E-state index contributed by atoms with van der Waals surface area (Å²) in [5, 5.41) is 7.00. The monoisotopic (exact) mass is 312 g/mol. The Labute approximate surface area is 137 Å². The van der Waals surface area contributed by atoms with E-state index in [1.165, 1.54) is 25.7 Å². The average Bonchev–Trinajstić information content (AvgIpc) is 3.26. The van der Waals surface area contributed by atoms with Crippen molar-refractivity contribution >= 4 is 5.97 Å². The third-order valence-corrected chi connectivity index (χ3v) is 4.97. The van der Waals surface area contributed by atoms with Crippen LogP contribution in [0.3, 0.4) is 0 Å². The standard InChI is InChI=1S/C14H20O2.2C2H6.CH4O/c1-8(2)14(15)16-13-7-9-6-12(13)11-5-3-4-10(9)11;3*1-2/h9-13H,1,3-7H2,2H3;2*1-2H3;2H,1H3. The summed E-state index contributed by atoms with van der Waals surface area (Å²) in [5.41, 5.74) is 0.533. The predicted molar refractivity (Wildman–Crippen MR) is 92.6 cm³/mol. The van der Waals surface area contributed by atoms with E-state index in [1.807, 2.05) is 27.7 Å². The fraction of sp³-hybridized carbons (Fsp3) is 0.842. The van der Waals surface area contributed by atoms with Crippen molar-refractivity contribution in [2.24, 2.45) is 23.7 Å². The van der Waals surface area contributed by atoms with Crippen LogP contribution in [0, 0.1) is 23.7 Å². The van der Waals surface area contributed by atoms with Crippen LogP contribution in [0.15, 0.2) is 12.2 Å². The molecule has 2 bridgehead atoms. The highest BCUT2D eigenvalue weighted by Gasteiger charge is 2.55. The van der Waals surface area contributed by atoms with Gasteiger partial charge in [0.1, 0.15) is 6.10 Å². The van der Waals surface area contributed by atoms with Crippen molar-refractivity contribution in [2.75, 3.05) is 7.11 Å². The van der Waals surface area contributed by atoms with E-state index in [-0.39, 0.29) is 12.1 Å². The van der Waals surface area contributed by atoms with Crippen LogP contribution < -0.4 is 0 Å². The molecule has 0 aromatic carbocycles. The highest BCUT2D eigenvalue weighted by Crippen LogP contribution is 2.59. The van der Waals surface area contributed by atoms with Crippen molar-refractivity contribution in [1.29, 1.82) is 0 Å². The minimum atomic E-state index is -0.188. The number of esters is 1. The van der Waals surface area contributed by atoms with Gasteiger partial charge >= 0.3 is 5.97 Å². The van der Waals surface area contributed by atoms with Crippen LogP contribution in [0.2, 0.25) is 0 Å². The number of aliphatic hydroxyl groups is 1. The molecule has 0 spiro atoms. The Morgan fingerprint density at radius 1 is 1.00 bits per heavy atom. The summed E-state index contributed by atoms with van der Waals surface area (Å²) in [4.78, 5) is 11.5. The zero-order valence-corrected chi connectivity index (χ0v) is 15.4. The first-order valence-corrected chi connectivity index (χ1v) is 8.98. The third kappa shape index (κ3) is 4.58. The van der Waals surface area contributed by atoms with Gasteiger partial charge in [-0.05, 0) is 56.3 Å². The van der Waals surface area contributed by atoms with Crippen molar-refractivity contribution in [3.8, 4) is 0 Å². The SMILES string of the molecule is C=C(C)C(=O)OC1CC2CC1C1CCCC21.CC.CC.CO. The molecule has 0 radical (unpaired) electrons. The van der Waals surface area contributed by atoms with Gasteiger partial charge in [-0.1, -0.05) is 40.7 Å². The molecule has 5 unspecified atom stereocenters. The maximum atomic E-state index is 11.5. The van der Waals surface area contributed by atoms with Crippen LogP contribution in [0.4, 0.5) is 0 Å². The number of carbonyl (C=O) groups excluding carboxylic acids is 1. The Kier molecular flexibility index (Phi) is 10.4. The first kappa shape index (κ1) is 21.2. The second kappa shape index (κ2) is 10.8. The van der Waals surface area contributed by atoms with E-state index in [4.69, 9.17) is 9.84 Å². The molecular formula is C19H36O3. The summed E-state index contributed by atoms with van der Waals surface area (Å²) < 4.78 is 5.58. The second-order valence-electron chi connectivity index (χ2n) is 5.88. The van der Waals surface area contributed by atoms with Gasteiger partial charge in [-0.25, -0.2) is 4.79 Å². The lowest BCUT2D eigenvalue weighted by Gasteiger charge is -2.31. The molecule has 0 saturated heterocycles. The number of carbonyl (C=O) groups is 1. The van der Waals surface area contributed by atoms with E-state index in [2.05, 4.69) is 6.58 Å². The molecule has 130 valence electrons. The molecule has 1 N–H and O–H groups in total. The molecule has 3 aliphatic rings. The molecule has 0 amide bonds. The smallest absolute Gasteiger partial charge is 0.333 e. The Balaban J connectivity index is 0.000000661. The second-order valence-corrected chi connectivity index (χ2v) is 5.88. The molecule has 0 aliphatic heterocycles. The van der Waals surface area contributed by atoms with Crippen LogP contribution in [0.1, 0.15) is 66.7 Å². The molecule has 3 heteroatoms. The summed E-state index contributed by atoms with van der Waals surface area (Å²) >= 11 is 0. The topological polar surface area (TPSA) is 46.5 Å². The van der Waals surface area contributed by atoms with Gasteiger partial charge in [-0.2, -0.15) is 0 Å². The number of aliphatic hydroxyl groups excluding tert-OH is 1. The number of hydrogen-bond acceptors (Lipinski definition) is 3. The molecular weight excluding hydrogens is 276 g/mol. The van der Waals surface area contributed by atoms with Crippen molar-refractivity contribution in [3.63, 3.8) is 0 Å². The average molecular weight is 312 g/mol. The van der Waals surface area contributed by atoms with E-state index in [0.717, 1.165) is 31.3 Å². The fourth-order valence-electron chi connectivity index (χ4n) is 4.38. The van der Waals surface area contributed by atoms with Gasteiger partial charge in [-0.15, -0.1) is 0 Å². The van der Waals surface area contributed by atoms with Gasteiger partial charge in [0.2, 0.25) is 0 Å². The number of hydrogen-bond donors (Lipinski definition) is 1. The summed E-state index contributed by atoms with van der Waals surface area (Å²) in [7, 11) is 1.00. The first-order chi connectivity index (χ1) is 10.7. The van der Waals surface area contributed by atoms with E-state index >= 15 is 0 Å². The van der Waals surface area contributed by atoms with E-state index in [0.29, 0.717) is 11.5 Å². The number of rotatable bonds is 2. The minimum absolute atomic E-state index is 0.188. The molecule has 3 rings (SSSR count). The Morgan fingerprint density at radius 2 is 1.55 bits per heavy atom. The van der Waals surface area contributed by atoms with Gasteiger partial charge in [0.25, 0.3) is 0 Å². The molecule has 3 saturated carbocycles. The van der Waals surface area contributed by atoms with Crippen LogP contribution in [-0.2, 0) is 9.53 Å². The molecule has 22 heavy (non-hydrogen) atoms. The van der Waals surface area contributed by atoms with Gasteiger partial charge in [0.15, 0.2) is 0 Å². The van der Waals surface area contributed by atoms with Gasteiger partial charge < -0.3 is 9.84 Å². The fourth-order valence-corrected chi connectivity index (χ4v) is 4.38. The molecule has 3 aliphatic carbocycles. The maximum absolute atomic E-state index is 11.5. The molecule has 3 fully saturated rings. The zero-order valence-electron chi connectivity index (χ0n) is 15.4. The van der Waals surface area contributed by atoms with Gasteiger partial charge in [0.05, 0.1) is 0 Å². The highest BCUT2D eigenvalue weighted by atomic mass is 16.5. The maximum Gasteiger partial charge on any atom is 0.333 e. The first-order valence-electron chi connectivity index (χ1n) is 8.98. The summed E-state index contributed by atoms with van der Waals surface area (Å²) in [6.07, 6.45) is 6.81. The Bertz CT molecular complexity index is 338. The quantitative estimate of drug-likeness (QED) is 0.599. The van der Waals surface area contributed by atoms with Crippen LogP contribution >= 0.6 is 0 Å². The summed E-state index contributed by atoms with van der Waals surface area (Å²) in [5.74, 6) is 3.15. The van der Waals surface area contributed by atoms with E-state index in [1.54, 1.807) is 6.92 Å². The third-order valence-electron chi connectivity index (χ3n) is 4.97. The van der Waals surface area contributed by atoms with Crippen LogP contribution in [0.5, 0.6) is 0 Å². The number of fused-ring (bicyclic) bond motifs is 5. The lowest BCUT2D eigenvalue weighted by molar-refractivity contribution is -0.148. The Morgan fingerprint density at radius 3 is 2.09 bits per heavy atom. The van der Waals surface area contributed by atoms with E-state index < -0.39 is 0 Å². The molecule has 5 atom stereocenters. The lowest BCUT2D eigenvalue weighted by Crippen LogP contribution is -2.32. The van der Waals surface area contributed by atoms with Gasteiger partial charge in [0, 0.05) is 12.7 Å². The normalized spacial score (nSPS) is 33.1. The van der Waals surface area contributed by atoms with Crippen molar-refractivity contribution in [2.45, 2.75) is 72.8 Å². The zero-order chi connectivity index (χ0) is 17.3. The predicted octanol–water partition coefficient (Wildman–Crippen LogP) is 4.59. The van der Waals surface area contributed by atoms with Crippen LogP contribution in [-0.4, -0.2) is 24.3 Å². The molecule has 0 aromatic heterocycles. The van der Waals surface area contributed by atoms with Crippen LogP contribution in [0.25, 0.3) is 0 Å². The number of ether oxygens (including phenoxy) is 1.